The van der Waals surface area contributed by atoms with Gasteiger partial charge in [-0.2, -0.15) is 0 Å². The largest absolute Gasteiger partial charge is 0.303 e. The number of hydrogen-bond donors (Lipinski definition) is 0. The van der Waals surface area contributed by atoms with Crippen molar-refractivity contribution >= 4 is 11.6 Å². The van der Waals surface area contributed by atoms with Crippen molar-refractivity contribution in [2.75, 3.05) is 25.5 Å². The molecule has 12 heavy (non-hydrogen) atoms. The summed E-state index contributed by atoms with van der Waals surface area (Å²) in [5.74, 6) is 1.85. The second-order valence-corrected chi connectivity index (χ2v) is 4.11. The summed E-state index contributed by atoms with van der Waals surface area (Å²) < 4.78 is 0. The smallest absolute Gasteiger partial charge is 0.0223 e. The Bertz CT molecular complexity index is 112. The average molecular weight is 190 g/mol. The molecule has 1 saturated carbocycles. The number of alkyl halides is 1. The van der Waals surface area contributed by atoms with Crippen molar-refractivity contribution in [3.05, 3.63) is 0 Å². The van der Waals surface area contributed by atoms with E-state index in [1.54, 1.807) is 0 Å². The van der Waals surface area contributed by atoms with Gasteiger partial charge in [0, 0.05) is 12.4 Å². The summed E-state index contributed by atoms with van der Waals surface area (Å²) in [6.07, 6.45) is 5.37. The lowest BCUT2D eigenvalue weighted by Gasteiger charge is -2.19. The van der Waals surface area contributed by atoms with Crippen molar-refractivity contribution in [2.45, 2.75) is 32.6 Å². The Hall–Kier alpha value is 0.250. The fraction of sp³-hybridized carbons (Fsp3) is 1.00. The molecule has 0 aromatic carbocycles. The maximum absolute atomic E-state index is 5.63. The lowest BCUT2D eigenvalue weighted by atomic mass is 10.3. The van der Waals surface area contributed by atoms with Crippen LogP contribution in [-0.2, 0) is 0 Å². The van der Waals surface area contributed by atoms with Gasteiger partial charge in [0.25, 0.3) is 0 Å². The van der Waals surface area contributed by atoms with Crippen LogP contribution in [0.2, 0.25) is 0 Å². The zero-order valence-corrected chi connectivity index (χ0v) is 8.82. The van der Waals surface area contributed by atoms with E-state index in [0.717, 1.165) is 11.8 Å². The molecular weight excluding hydrogens is 170 g/mol. The Morgan fingerprint density at radius 2 is 2.08 bits per heavy atom. The van der Waals surface area contributed by atoms with Gasteiger partial charge in [-0.1, -0.05) is 6.92 Å². The van der Waals surface area contributed by atoms with Gasteiger partial charge in [-0.25, -0.2) is 0 Å². The summed E-state index contributed by atoms with van der Waals surface area (Å²) in [5.41, 5.74) is 0. The Kier molecular flexibility index (Phi) is 5.01. The predicted octanol–water partition coefficient (Wildman–Crippen LogP) is 2.74. The highest BCUT2D eigenvalue weighted by Gasteiger charge is 2.23. The fourth-order valence-corrected chi connectivity index (χ4v) is 1.66. The maximum Gasteiger partial charge on any atom is 0.0223 e. The fourth-order valence-electron chi connectivity index (χ4n) is 1.47. The molecule has 1 aliphatic carbocycles. The lowest BCUT2D eigenvalue weighted by Crippen LogP contribution is -2.26. The van der Waals surface area contributed by atoms with E-state index in [1.807, 2.05) is 0 Å². The minimum atomic E-state index is 0.820. The molecule has 0 radical (unpaired) electrons. The van der Waals surface area contributed by atoms with Crippen LogP contribution in [0, 0.1) is 5.92 Å². The van der Waals surface area contributed by atoms with Crippen molar-refractivity contribution < 1.29 is 0 Å². The van der Waals surface area contributed by atoms with E-state index in [1.165, 1.54) is 45.3 Å². The first-order valence-electron chi connectivity index (χ1n) is 5.15. The van der Waals surface area contributed by atoms with Gasteiger partial charge < -0.3 is 4.90 Å². The second-order valence-electron chi connectivity index (χ2n) is 3.73. The highest BCUT2D eigenvalue weighted by Crippen LogP contribution is 2.29. The standard InChI is InChI=1S/C10H20ClN/c1-2-12(8-4-3-7-11)9-10-5-6-10/h10H,2-9H2,1H3. The monoisotopic (exact) mass is 189 g/mol. The van der Waals surface area contributed by atoms with E-state index in [0.29, 0.717) is 0 Å². The van der Waals surface area contributed by atoms with Crippen LogP contribution < -0.4 is 0 Å². The number of hydrogen-bond acceptors (Lipinski definition) is 1. The third-order valence-corrected chi connectivity index (χ3v) is 2.79. The van der Waals surface area contributed by atoms with Crippen molar-refractivity contribution in [1.82, 2.24) is 4.90 Å². The molecule has 0 aromatic rings. The zero-order chi connectivity index (χ0) is 8.81. The highest BCUT2D eigenvalue weighted by atomic mass is 35.5. The summed E-state index contributed by atoms with van der Waals surface area (Å²) in [7, 11) is 0. The maximum atomic E-state index is 5.63. The second kappa shape index (κ2) is 5.82. The lowest BCUT2D eigenvalue weighted by molar-refractivity contribution is 0.272. The Morgan fingerprint density at radius 3 is 2.58 bits per heavy atom. The third-order valence-electron chi connectivity index (χ3n) is 2.52. The van der Waals surface area contributed by atoms with Crippen molar-refractivity contribution in [1.29, 1.82) is 0 Å². The quantitative estimate of drug-likeness (QED) is 0.440. The summed E-state index contributed by atoms with van der Waals surface area (Å²) in [5, 5.41) is 0. The molecule has 1 rings (SSSR count). The van der Waals surface area contributed by atoms with Crippen LogP contribution in [0.5, 0.6) is 0 Å². The first kappa shape index (κ1) is 10.3. The molecule has 0 bridgehead atoms. The third kappa shape index (κ3) is 4.32. The Labute approximate surface area is 81.1 Å². The van der Waals surface area contributed by atoms with Gasteiger partial charge in [-0.05, 0) is 44.7 Å². The first-order valence-corrected chi connectivity index (χ1v) is 5.68. The van der Waals surface area contributed by atoms with Crippen molar-refractivity contribution in [3.63, 3.8) is 0 Å². The van der Waals surface area contributed by atoms with E-state index >= 15 is 0 Å². The van der Waals surface area contributed by atoms with Gasteiger partial charge >= 0.3 is 0 Å². The van der Waals surface area contributed by atoms with Crippen LogP contribution in [0.1, 0.15) is 32.6 Å². The zero-order valence-electron chi connectivity index (χ0n) is 8.06. The SMILES string of the molecule is CCN(CCCCCl)CC1CC1. The Morgan fingerprint density at radius 1 is 1.33 bits per heavy atom. The summed E-state index contributed by atoms with van der Waals surface area (Å²) >= 11 is 5.63. The van der Waals surface area contributed by atoms with Gasteiger partial charge in [0.1, 0.15) is 0 Å². The van der Waals surface area contributed by atoms with E-state index in [2.05, 4.69) is 11.8 Å². The minimum absolute atomic E-state index is 0.820. The summed E-state index contributed by atoms with van der Waals surface area (Å²) in [6.45, 7) is 6.04. The molecule has 0 aromatic heterocycles. The van der Waals surface area contributed by atoms with Crippen LogP contribution in [0.15, 0.2) is 0 Å². The highest BCUT2D eigenvalue weighted by molar-refractivity contribution is 6.17. The number of nitrogens with zero attached hydrogens (tertiary/aromatic N) is 1. The molecule has 0 amide bonds. The number of rotatable bonds is 7. The molecule has 2 heteroatoms. The van der Waals surface area contributed by atoms with E-state index < -0.39 is 0 Å². The molecule has 0 N–H and O–H groups in total. The van der Waals surface area contributed by atoms with Gasteiger partial charge in [0.15, 0.2) is 0 Å². The van der Waals surface area contributed by atoms with Crippen molar-refractivity contribution in [3.8, 4) is 0 Å². The van der Waals surface area contributed by atoms with Gasteiger partial charge in [0.2, 0.25) is 0 Å². The van der Waals surface area contributed by atoms with Gasteiger partial charge in [-0.3, -0.25) is 0 Å². The normalized spacial score (nSPS) is 17.2. The van der Waals surface area contributed by atoms with E-state index in [9.17, 15) is 0 Å². The van der Waals surface area contributed by atoms with E-state index in [-0.39, 0.29) is 0 Å². The van der Waals surface area contributed by atoms with Crippen LogP contribution in [0.25, 0.3) is 0 Å². The molecule has 72 valence electrons. The number of halogens is 1. The number of unbranched alkanes of at least 4 members (excludes halogenated alkanes) is 1. The topological polar surface area (TPSA) is 3.24 Å². The van der Waals surface area contributed by atoms with Crippen LogP contribution >= 0.6 is 11.6 Å². The summed E-state index contributed by atoms with van der Waals surface area (Å²) in [6, 6.07) is 0. The predicted molar refractivity (Wildman–Crippen MR) is 54.8 cm³/mol. The summed E-state index contributed by atoms with van der Waals surface area (Å²) in [4.78, 5) is 2.56. The molecule has 1 fully saturated rings. The molecule has 0 aliphatic heterocycles. The van der Waals surface area contributed by atoms with Gasteiger partial charge in [0.05, 0.1) is 0 Å². The molecule has 0 saturated heterocycles. The van der Waals surface area contributed by atoms with Crippen molar-refractivity contribution in [2.24, 2.45) is 5.92 Å². The molecule has 0 spiro atoms. The molecule has 1 nitrogen and oxygen atoms in total. The molecule has 0 unspecified atom stereocenters. The van der Waals surface area contributed by atoms with Crippen LogP contribution in [-0.4, -0.2) is 30.4 Å². The van der Waals surface area contributed by atoms with Crippen LogP contribution in [0.4, 0.5) is 0 Å². The minimum Gasteiger partial charge on any atom is -0.303 e. The van der Waals surface area contributed by atoms with Crippen LogP contribution in [0.3, 0.4) is 0 Å². The average Bonchev–Trinajstić information content (AvgIpc) is 2.87. The molecular formula is C10H20ClN. The van der Waals surface area contributed by atoms with E-state index in [4.69, 9.17) is 11.6 Å². The van der Waals surface area contributed by atoms with Gasteiger partial charge in [-0.15, -0.1) is 11.6 Å². The molecule has 0 heterocycles. The first-order chi connectivity index (χ1) is 5.86. The molecule has 0 atom stereocenters. The molecule has 1 aliphatic rings. The Balaban J connectivity index is 1.98.